The molecule has 1 heterocycles. The molecule has 0 aliphatic rings. The number of rotatable bonds is 2. The molecule has 106 valence electrons. The molecule has 0 radical (unpaired) electrons. The van der Waals surface area contributed by atoms with Crippen molar-refractivity contribution in [3.8, 4) is 0 Å². The molecular weight excluding hydrogens is 440 g/mol. The van der Waals surface area contributed by atoms with Crippen LogP contribution < -0.4 is 5.32 Å². The predicted octanol–water partition coefficient (Wildman–Crippen LogP) is 6.07. The maximum absolute atomic E-state index is 12.4. The van der Waals surface area contributed by atoms with Crippen molar-refractivity contribution < 1.29 is 4.79 Å². The van der Waals surface area contributed by atoms with Gasteiger partial charge in [-0.25, -0.2) is 0 Å². The summed E-state index contributed by atoms with van der Waals surface area (Å²) < 4.78 is 1.96. The molecule has 6 heteroatoms. The number of hydrogen-bond acceptors (Lipinski definition) is 2. The second kappa shape index (κ2) is 6.12. The normalized spacial score (nSPS) is 10.8. The van der Waals surface area contributed by atoms with Crippen molar-refractivity contribution >= 4 is 78.8 Å². The second-order valence-corrected chi connectivity index (χ2v) is 7.46. The van der Waals surface area contributed by atoms with Crippen LogP contribution in [0.1, 0.15) is 9.67 Å². The Morgan fingerprint density at radius 1 is 1.14 bits per heavy atom. The number of carbonyl (C=O) groups excluding carboxylic acids is 1. The van der Waals surface area contributed by atoms with Crippen molar-refractivity contribution in [1.29, 1.82) is 0 Å². The number of carbonyl (C=O) groups is 1. The molecule has 0 bridgehead atoms. The van der Waals surface area contributed by atoms with E-state index in [1.54, 1.807) is 6.07 Å². The van der Waals surface area contributed by atoms with E-state index in [1.807, 2.05) is 36.4 Å². The van der Waals surface area contributed by atoms with Crippen LogP contribution in [0.15, 0.2) is 42.5 Å². The van der Waals surface area contributed by atoms with Crippen LogP contribution in [0.5, 0.6) is 0 Å². The van der Waals surface area contributed by atoms with Gasteiger partial charge in [0.25, 0.3) is 5.91 Å². The first-order chi connectivity index (χ1) is 10.0. The first-order valence-corrected chi connectivity index (χ1v) is 8.64. The van der Waals surface area contributed by atoms with E-state index in [0.29, 0.717) is 14.9 Å². The first-order valence-electron chi connectivity index (χ1n) is 5.99. The maximum Gasteiger partial charge on any atom is 0.267 e. The molecule has 1 aromatic heterocycles. The van der Waals surface area contributed by atoms with Crippen LogP contribution in [0.3, 0.4) is 0 Å². The zero-order chi connectivity index (χ0) is 15.0. The van der Waals surface area contributed by atoms with Gasteiger partial charge >= 0.3 is 0 Å². The van der Waals surface area contributed by atoms with Crippen molar-refractivity contribution in [2.75, 3.05) is 5.32 Å². The van der Waals surface area contributed by atoms with Crippen molar-refractivity contribution in [2.24, 2.45) is 0 Å². The van der Waals surface area contributed by atoms with Crippen molar-refractivity contribution in [3.63, 3.8) is 0 Å². The molecule has 21 heavy (non-hydrogen) atoms. The van der Waals surface area contributed by atoms with Gasteiger partial charge in [-0.15, -0.1) is 11.3 Å². The molecule has 0 atom stereocenters. The van der Waals surface area contributed by atoms with Gasteiger partial charge < -0.3 is 5.32 Å². The van der Waals surface area contributed by atoms with E-state index in [4.69, 9.17) is 23.2 Å². The fraction of sp³-hybridized carbons (Fsp3) is 0. The van der Waals surface area contributed by atoms with Crippen LogP contribution in [-0.2, 0) is 0 Å². The van der Waals surface area contributed by atoms with Gasteiger partial charge in [0.2, 0.25) is 0 Å². The summed E-state index contributed by atoms with van der Waals surface area (Å²) in [5.41, 5.74) is 0.749. The standard InChI is InChI=1S/C15H8Cl2INOS/c16-8-4-5-11-12(6-8)21-14(13(11)17)15(20)19-10-3-1-2-9(18)7-10/h1-7H,(H,19,20). The number of hydrogen-bond donors (Lipinski definition) is 1. The minimum Gasteiger partial charge on any atom is -0.321 e. The van der Waals surface area contributed by atoms with Gasteiger partial charge in [0, 0.05) is 24.4 Å². The van der Waals surface area contributed by atoms with Crippen molar-refractivity contribution in [3.05, 3.63) is 61.0 Å². The maximum atomic E-state index is 12.4. The molecule has 3 rings (SSSR count). The summed E-state index contributed by atoms with van der Waals surface area (Å²) in [6.07, 6.45) is 0. The lowest BCUT2D eigenvalue weighted by Gasteiger charge is -2.04. The summed E-state index contributed by atoms with van der Waals surface area (Å²) in [6, 6.07) is 13.0. The number of amides is 1. The third-order valence-electron chi connectivity index (χ3n) is 2.88. The van der Waals surface area contributed by atoms with E-state index in [-0.39, 0.29) is 5.91 Å². The Kier molecular flexibility index (Phi) is 4.40. The Morgan fingerprint density at radius 3 is 2.71 bits per heavy atom. The van der Waals surface area contributed by atoms with E-state index in [1.165, 1.54) is 11.3 Å². The number of thiophene rings is 1. The summed E-state index contributed by atoms with van der Waals surface area (Å²) in [6.45, 7) is 0. The smallest absolute Gasteiger partial charge is 0.267 e. The molecule has 0 unspecified atom stereocenters. The molecule has 0 saturated heterocycles. The number of nitrogens with one attached hydrogen (secondary N) is 1. The summed E-state index contributed by atoms with van der Waals surface area (Å²) in [4.78, 5) is 12.9. The SMILES string of the molecule is O=C(Nc1cccc(I)c1)c1sc2cc(Cl)ccc2c1Cl. The monoisotopic (exact) mass is 447 g/mol. The average Bonchev–Trinajstić information content (AvgIpc) is 2.75. The number of fused-ring (bicyclic) bond motifs is 1. The molecule has 0 saturated carbocycles. The second-order valence-electron chi connectivity index (χ2n) is 4.35. The van der Waals surface area contributed by atoms with E-state index in [0.717, 1.165) is 19.3 Å². The number of halogens is 3. The Bertz CT molecular complexity index is 847. The van der Waals surface area contributed by atoms with Gasteiger partial charge in [0.05, 0.1) is 5.02 Å². The van der Waals surface area contributed by atoms with Crippen LogP contribution in [0.2, 0.25) is 10.0 Å². The van der Waals surface area contributed by atoms with Crippen LogP contribution in [0, 0.1) is 3.57 Å². The van der Waals surface area contributed by atoms with Gasteiger partial charge in [0.1, 0.15) is 4.88 Å². The van der Waals surface area contributed by atoms with Crippen LogP contribution in [0.25, 0.3) is 10.1 Å². The zero-order valence-electron chi connectivity index (χ0n) is 10.5. The number of anilines is 1. The topological polar surface area (TPSA) is 29.1 Å². The fourth-order valence-corrected chi connectivity index (χ4v) is 4.17. The highest BCUT2D eigenvalue weighted by Crippen LogP contribution is 2.37. The van der Waals surface area contributed by atoms with E-state index in [2.05, 4.69) is 27.9 Å². The predicted molar refractivity (Wildman–Crippen MR) is 99.0 cm³/mol. The Morgan fingerprint density at radius 2 is 1.95 bits per heavy atom. The lowest BCUT2D eigenvalue weighted by atomic mass is 10.2. The third kappa shape index (κ3) is 3.18. The Balaban J connectivity index is 1.96. The Hall–Kier alpha value is -0.820. The van der Waals surface area contributed by atoms with E-state index >= 15 is 0 Å². The van der Waals surface area contributed by atoms with Gasteiger partial charge in [-0.2, -0.15) is 0 Å². The molecule has 0 aliphatic heterocycles. The minimum atomic E-state index is -0.209. The summed E-state index contributed by atoms with van der Waals surface area (Å²) in [7, 11) is 0. The van der Waals surface area contributed by atoms with Gasteiger partial charge in [-0.05, 0) is 52.9 Å². The van der Waals surface area contributed by atoms with Crippen molar-refractivity contribution in [1.82, 2.24) is 0 Å². The molecule has 1 N–H and O–H groups in total. The molecule has 0 aliphatic carbocycles. The lowest BCUT2D eigenvalue weighted by Crippen LogP contribution is -2.10. The van der Waals surface area contributed by atoms with E-state index < -0.39 is 0 Å². The highest BCUT2D eigenvalue weighted by Gasteiger charge is 2.17. The molecular formula is C15H8Cl2INOS. The summed E-state index contributed by atoms with van der Waals surface area (Å²) in [5, 5.41) is 4.81. The van der Waals surface area contributed by atoms with E-state index in [9.17, 15) is 4.79 Å². The van der Waals surface area contributed by atoms with Crippen LogP contribution in [0.4, 0.5) is 5.69 Å². The third-order valence-corrected chi connectivity index (χ3v) is 5.44. The largest absolute Gasteiger partial charge is 0.321 e. The van der Waals surface area contributed by atoms with Crippen LogP contribution >= 0.6 is 57.1 Å². The van der Waals surface area contributed by atoms with Gasteiger partial charge in [-0.1, -0.05) is 35.3 Å². The fourth-order valence-electron chi connectivity index (χ4n) is 1.94. The van der Waals surface area contributed by atoms with Crippen molar-refractivity contribution in [2.45, 2.75) is 0 Å². The lowest BCUT2D eigenvalue weighted by molar-refractivity contribution is 0.103. The molecule has 1 amide bonds. The number of benzene rings is 2. The van der Waals surface area contributed by atoms with Gasteiger partial charge in [-0.3, -0.25) is 4.79 Å². The zero-order valence-corrected chi connectivity index (χ0v) is 15.0. The molecule has 2 aromatic carbocycles. The highest BCUT2D eigenvalue weighted by molar-refractivity contribution is 14.1. The molecule has 3 aromatic rings. The quantitative estimate of drug-likeness (QED) is 0.475. The summed E-state index contributed by atoms with van der Waals surface area (Å²) in [5.74, 6) is -0.209. The van der Waals surface area contributed by atoms with Gasteiger partial charge in [0.15, 0.2) is 0 Å². The average molecular weight is 448 g/mol. The first kappa shape index (κ1) is 15.1. The summed E-state index contributed by atoms with van der Waals surface area (Å²) >= 11 is 15.8. The minimum absolute atomic E-state index is 0.209. The Labute approximate surface area is 149 Å². The van der Waals surface area contributed by atoms with Crippen LogP contribution in [-0.4, -0.2) is 5.91 Å². The highest BCUT2D eigenvalue weighted by atomic mass is 127. The molecule has 0 fully saturated rings. The molecule has 0 spiro atoms. The molecule has 2 nitrogen and oxygen atoms in total.